The average molecular weight is 323 g/mol. The standard InChI is InChI=1S/C13H16F3NO3S/c1-17(2)10-6-7-11-9(8-10)4-3-5-12(11)20-21(18,19)13(14,15)16/h3-5,10H,6-8H2,1-2H3/t10-/m0/s1. The number of rotatable bonds is 3. The summed E-state index contributed by atoms with van der Waals surface area (Å²) in [5, 5.41) is 0. The first-order valence-corrected chi connectivity index (χ1v) is 7.80. The van der Waals surface area contributed by atoms with Crippen molar-refractivity contribution in [1.82, 2.24) is 4.90 Å². The molecule has 0 spiro atoms. The van der Waals surface area contributed by atoms with Crippen molar-refractivity contribution in [3.05, 3.63) is 29.3 Å². The molecule has 118 valence electrons. The molecule has 21 heavy (non-hydrogen) atoms. The molecule has 0 N–H and O–H groups in total. The Kier molecular flexibility index (Phi) is 4.21. The molecule has 0 heterocycles. The molecule has 8 heteroatoms. The Hall–Kier alpha value is -1.28. The van der Waals surface area contributed by atoms with Crippen molar-refractivity contribution in [2.45, 2.75) is 30.8 Å². The lowest BCUT2D eigenvalue weighted by molar-refractivity contribution is -0.0500. The predicted octanol–water partition coefficient (Wildman–Crippen LogP) is 2.33. The first-order chi connectivity index (χ1) is 9.62. The van der Waals surface area contributed by atoms with Crippen LogP contribution >= 0.6 is 0 Å². The highest BCUT2D eigenvalue weighted by Gasteiger charge is 2.48. The Bertz CT molecular complexity index is 626. The van der Waals surface area contributed by atoms with Crippen LogP contribution in [0.2, 0.25) is 0 Å². The Morgan fingerprint density at radius 2 is 1.95 bits per heavy atom. The van der Waals surface area contributed by atoms with Gasteiger partial charge in [-0.05, 0) is 50.6 Å². The van der Waals surface area contributed by atoms with E-state index in [0.29, 0.717) is 18.4 Å². The Morgan fingerprint density at radius 3 is 2.52 bits per heavy atom. The fourth-order valence-corrected chi connectivity index (χ4v) is 2.92. The Morgan fingerprint density at radius 1 is 1.29 bits per heavy atom. The summed E-state index contributed by atoms with van der Waals surface area (Å²) in [5.74, 6) is -0.220. The molecule has 0 amide bonds. The number of likely N-dealkylation sites (N-methyl/N-ethyl adjacent to an activating group) is 1. The van der Waals surface area contributed by atoms with E-state index in [4.69, 9.17) is 0 Å². The molecule has 1 aliphatic carbocycles. The van der Waals surface area contributed by atoms with Crippen LogP contribution in [0.25, 0.3) is 0 Å². The van der Waals surface area contributed by atoms with Gasteiger partial charge in [0.2, 0.25) is 0 Å². The maximum Gasteiger partial charge on any atom is 0.534 e. The minimum Gasteiger partial charge on any atom is -0.376 e. The highest BCUT2D eigenvalue weighted by molar-refractivity contribution is 7.88. The van der Waals surface area contributed by atoms with Gasteiger partial charge in [-0.25, -0.2) is 0 Å². The van der Waals surface area contributed by atoms with Gasteiger partial charge < -0.3 is 9.08 Å². The number of alkyl halides is 3. The van der Waals surface area contributed by atoms with Crippen LogP contribution in [-0.4, -0.2) is 39.0 Å². The number of halogens is 3. The lowest BCUT2D eigenvalue weighted by atomic mass is 9.87. The van der Waals surface area contributed by atoms with Gasteiger partial charge in [-0.3, -0.25) is 0 Å². The topological polar surface area (TPSA) is 46.6 Å². The second kappa shape index (κ2) is 5.49. The molecule has 0 saturated carbocycles. The maximum atomic E-state index is 12.4. The summed E-state index contributed by atoms with van der Waals surface area (Å²) in [6.45, 7) is 0. The van der Waals surface area contributed by atoms with E-state index in [9.17, 15) is 21.6 Å². The van der Waals surface area contributed by atoms with E-state index in [1.165, 1.54) is 12.1 Å². The first kappa shape index (κ1) is 16.1. The molecule has 0 radical (unpaired) electrons. The van der Waals surface area contributed by atoms with E-state index in [0.717, 1.165) is 12.0 Å². The highest BCUT2D eigenvalue weighted by atomic mass is 32.2. The summed E-state index contributed by atoms with van der Waals surface area (Å²) in [6, 6.07) is 4.85. The molecule has 0 aliphatic heterocycles. The van der Waals surface area contributed by atoms with Crippen molar-refractivity contribution in [2.24, 2.45) is 0 Å². The molecule has 0 bridgehead atoms. The van der Waals surface area contributed by atoms with Gasteiger partial charge in [-0.15, -0.1) is 0 Å². The second-order valence-electron chi connectivity index (χ2n) is 5.24. The number of hydrogen-bond donors (Lipinski definition) is 0. The number of fused-ring (bicyclic) bond motifs is 1. The van der Waals surface area contributed by atoms with Crippen LogP contribution < -0.4 is 4.18 Å². The van der Waals surface area contributed by atoms with Gasteiger partial charge in [0.25, 0.3) is 0 Å². The van der Waals surface area contributed by atoms with E-state index < -0.39 is 15.6 Å². The number of nitrogens with zero attached hydrogens (tertiary/aromatic N) is 1. The molecule has 4 nitrogen and oxygen atoms in total. The van der Waals surface area contributed by atoms with Gasteiger partial charge in [0.15, 0.2) is 0 Å². The molecule has 1 atom stereocenters. The SMILES string of the molecule is CN(C)[C@H]1CCc2c(cccc2OS(=O)(=O)C(F)(F)F)C1. The second-order valence-corrected chi connectivity index (χ2v) is 6.78. The van der Waals surface area contributed by atoms with Crippen LogP contribution in [0.1, 0.15) is 17.5 Å². The van der Waals surface area contributed by atoms with E-state index in [-0.39, 0.29) is 11.8 Å². The summed E-state index contributed by atoms with van der Waals surface area (Å²) >= 11 is 0. The summed E-state index contributed by atoms with van der Waals surface area (Å²) < 4.78 is 63.7. The normalized spacial score (nSPS) is 19.4. The van der Waals surface area contributed by atoms with Crippen molar-refractivity contribution in [3.63, 3.8) is 0 Å². The average Bonchev–Trinajstić information content (AvgIpc) is 2.36. The number of hydrogen-bond acceptors (Lipinski definition) is 4. The smallest absolute Gasteiger partial charge is 0.376 e. The largest absolute Gasteiger partial charge is 0.534 e. The van der Waals surface area contributed by atoms with E-state index >= 15 is 0 Å². The molecule has 0 saturated heterocycles. The minimum absolute atomic E-state index is 0.220. The summed E-state index contributed by atoms with van der Waals surface area (Å²) in [7, 11) is -1.76. The molecular weight excluding hydrogens is 307 g/mol. The van der Waals surface area contributed by atoms with Gasteiger partial charge in [0.1, 0.15) is 5.75 Å². The van der Waals surface area contributed by atoms with Gasteiger partial charge in [-0.2, -0.15) is 21.6 Å². The molecule has 1 aromatic carbocycles. The van der Waals surface area contributed by atoms with Crippen LogP contribution in [0.4, 0.5) is 13.2 Å². The van der Waals surface area contributed by atoms with Crippen LogP contribution in [0, 0.1) is 0 Å². The van der Waals surface area contributed by atoms with Crippen LogP contribution in [0.15, 0.2) is 18.2 Å². The van der Waals surface area contributed by atoms with Gasteiger partial charge >= 0.3 is 15.6 Å². The minimum atomic E-state index is -5.62. The third-order valence-corrected chi connectivity index (χ3v) is 4.59. The molecule has 0 unspecified atom stereocenters. The lowest BCUT2D eigenvalue weighted by Crippen LogP contribution is -2.34. The molecule has 1 aliphatic rings. The summed E-state index contributed by atoms with van der Waals surface area (Å²) in [4.78, 5) is 2.04. The van der Waals surface area contributed by atoms with Crippen molar-refractivity contribution in [2.75, 3.05) is 14.1 Å². The maximum absolute atomic E-state index is 12.4. The third kappa shape index (κ3) is 3.32. The Labute approximate surface area is 121 Å². The Balaban J connectivity index is 2.31. The summed E-state index contributed by atoms with van der Waals surface area (Å²) in [5.41, 5.74) is -4.05. The van der Waals surface area contributed by atoms with E-state index in [1.807, 2.05) is 19.0 Å². The summed E-state index contributed by atoms with van der Waals surface area (Å²) in [6.07, 6.45) is 1.89. The monoisotopic (exact) mass is 323 g/mol. The fraction of sp³-hybridized carbons (Fsp3) is 0.538. The quantitative estimate of drug-likeness (QED) is 0.633. The van der Waals surface area contributed by atoms with Crippen LogP contribution in [0.3, 0.4) is 0 Å². The zero-order valence-corrected chi connectivity index (χ0v) is 12.5. The zero-order chi connectivity index (χ0) is 15.8. The van der Waals surface area contributed by atoms with E-state index in [1.54, 1.807) is 6.07 Å². The van der Waals surface area contributed by atoms with E-state index in [2.05, 4.69) is 4.18 Å². The van der Waals surface area contributed by atoms with Crippen LogP contribution in [-0.2, 0) is 23.0 Å². The predicted molar refractivity (Wildman–Crippen MR) is 71.5 cm³/mol. The van der Waals surface area contributed by atoms with Gasteiger partial charge in [0, 0.05) is 6.04 Å². The zero-order valence-electron chi connectivity index (χ0n) is 11.6. The fourth-order valence-electron chi connectivity index (χ4n) is 2.44. The highest BCUT2D eigenvalue weighted by Crippen LogP contribution is 2.34. The number of benzene rings is 1. The first-order valence-electron chi connectivity index (χ1n) is 6.40. The molecular formula is C13H16F3NO3S. The van der Waals surface area contributed by atoms with Crippen molar-refractivity contribution in [3.8, 4) is 5.75 Å². The van der Waals surface area contributed by atoms with Crippen molar-refractivity contribution >= 4 is 10.1 Å². The molecule has 0 aromatic heterocycles. The third-order valence-electron chi connectivity index (χ3n) is 3.63. The van der Waals surface area contributed by atoms with Gasteiger partial charge in [0.05, 0.1) is 0 Å². The van der Waals surface area contributed by atoms with Gasteiger partial charge in [-0.1, -0.05) is 12.1 Å². The van der Waals surface area contributed by atoms with Crippen molar-refractivity contribution < 1.29 is 25.8 Å². The molecule has 2 rings (SSSR count). The molecule has 1 aromatic rings. The van der Waals surface area contributed by atoms with Crippen LogP contribution in [0.5, 0.6) is 5.75 Å². The lowest BCUT2D eigenvalue weighted by Gasteiger charge is -2.30. The molecule has 0 fully saturated rings. The van der Waals surface area contributed by atoms with Crippen molar-refractivity contribution in [1.29, 1.82) is 0 Å².